The van der Waals surface area contributed by atoms with E-state index >= 15 is 0 Å². The number of hydrogen-bond acceptors (Lipinski definition) is 1. The molecular weight excluding hydrogens is 267 g/mol. The minimum Gasteiger partial charge on any atom is -0.268 e. The molecule has 1 heterocycles. The Morgan fingerprint density at radius 1 is 1.28 bits per heavy atom. The summed E-state index contributed by atoms with van der Waals surface area (Å²) in [5.74, 6) is 1.05. The maximum absolute atomic E-state index is 6.43. The van der Waals surface area contributed by atoms with Crippen LogP contribution in [-0.2, 0) is 19.4 Å². The molecule has 104 valence electrons. The Morgan fingerprint density at radius 2 is 1.89 bits per heavy atom. The maximum atomic E-state index is 6.43. The van der Waals surface area contributed by atoms with Crippen molar-refractivity contribution in [2.75, 3.05) is 5.88 Å². The van der Waals surface area contributed by atoms with Crippen molar-refractivity contribution in [3.05, 3.63) is 16.4 Å². The highest BCUT2D eigenvalue weighted by atomic mass is 35.5. The SMILES string of the molecule is CCc1nn(CC)c(CC(CCl)C(C)(C)C)c1Cl. The fourth-order valence-corrected chi connectivity index (χ4v) is 2.96. The second kappa shape index (κ2) is 6.29. The van der Waals surface area contributed by atoms with Crippen molar-refractivity contribution in [3.63, 3.8) is 0 Å². The maximum Gasteiger partial charge on any atom is 0.0849 e. The Hall–Kier alpha value is -0.210. The van der Waals surface area contributed by atoms with Crippen LogP contribution in [0.3, 0.4) is 0 Å². The van der Waals surface area contributed by atoms with Gasteiger partial charge in [0.2, 0.25) is 0 Å². The summed E-state index contributed by atoms with van der Waals surface area (Å²) < 4.78 is 2.02. The molecule has 0 saturated heterocycles. The molecule has 0 aliphatic rings. The molecule has 0 spiro atoms. The van der Waals surface area contributed by atoms with Gasteiger partial charge in [-0.25, -0.2) is 0 Å². The fraction of sp³-hybridized carbons (Fsp3) is 0.786. The van der Waals surface area contributed by atoms with Crippen molar-refractivity contribution in [1.82, 2.24) is 9.78 Å². The quantitative estimate of drug-likeness (QED) is 0.727. The van der Waals surface area contributed by atoms with Gasteiger partial charge in [-0.2, -0.15) is 5.10 Å². The molecule has 0 radical (unpaired) electrons. The molecule has 18 heavy (non-hydrogen) atoms. The molecule has 0 aliphatic heterocycles. The largest absolute Gasteiger partial charge is 0.268 e. The third-order valence-corrected chi connectivity index (χ3v) is 4.35. The normalized spacial score (nSPS) is 13.9. The van der Waals surface area contributed by atoms with Gasteiger partial charge in [-0.15, -0.1) is 11.6 Å². The van der Waals surface area contributed by atoms with Gasteiger partial charge in [0.05, 0.1) is 16.4 Å². The molecular formula is C14H24Cl2N2. The molecule has 0 bridgehead atoms. The van der Waals surface area contributed by atoms with Gasteiger partial charge < -0.3 is 0 Å². The zero-order chi connectivity index (χ0) is 13.9. The summed E-state index contributed by atoms with van der Waals surface area (Å²) in [7, 11) is 0. The van der Waals surface area contributed by atoms with E-state index < -0.39 is 0 Å². The smallest absolute Gasteiger partial charge is 0.0849 e. The van der Waals surface area contributed by atoms with E-state index in [9.17, 15) is 0 Å². The summed E-state index contributed by atoms with van der Waals surface area (Å²) in [5, 5.41) is 5.39. The van der Waals surface area contributed by atoms with Gasteiger partial charge in [-0.3, -0.25) is 4.68 Å². The Bertz CT molecular complexity index is 391. The highest BCUT2D eigenvalue weighted by molar-refractivity contribution is 6.31. The zero-order valence-corrected chi connectivity index (χ0v) is 13.6. The van der Waals surface area contributed by atoms with E-state index in [1.54, 1.807) is 0 Å². The molecule has 1 aromatic rings. The minimum absolute atomic E-state index is 0.181. The first kappa shape index (κ1) is 15.8. The van der Waals surface area contributed by atoms with E-state index in [1.165, 1.54) is 0 Å². The van der Waals surface area contributed by atoms with Crippen molar-refractivity contribution in [2.45, 2.75) is 54.0 Å². The van der Waals surface area contributed by atoms with Crippen molar-refractivity contribution < 1.29 is 0 Å². The molecule has 0 aromatic carbocycles. The Balaban J connectivity index is 3.05. The van der Waals surface area contributed by atoms with E-state index in [2.05, 4.69) is 39.7 Å². The van der Waals surface area contributed by atoms with Crippen LogP contribution in [0.5, 0.6) is 0 Å². The molecule has 1 aromatic heterocycles. The summed E-state index contributed by atoms with van der Waals surface area (Å²) in [5.41, 5.74) is 2.31. The molecule has 0 fully saturated rings. The first-order chi connectivity index (χ1) is 8.35. The molecule has 1 atom stereocenters. The van der Waals surface area contributed by atoms with Gasteiger partial charge in [-0.05, 0) is 31.1 Å². The van der Waals surface area contributed by atoms with Gasteiger partial charge in [0.1, 0.15) is 0 Å². The van der Waals surface area contributed by atoms with E-state index in [-0.39, 0.29) is 5.41 Å². The average Bonchev–Trinajstić information content (AvgIpc) is 2.60. The van der Waals surface area contributed by atoms with E-state index in [0.717, 1.165) is 35.8 Å². The lowest BCUT2D eigenvalue weighted by molar-refractivity contribution is 0.259. The molecule has 0 aliphatic carbocycles. The Kier molecular flexibility index (Phi) is 5.54. The minimum atomic E-state index is 0.181. The van der Waals surface area contributed by atoms with Crippen LogP contribution in [0.15, 0.2) is 0 Å². The second-order valence-electron chi connectivity index (χ2n) is 5.80. The lowest BCUT2D eigenvalue weighted by Crippen LogP contribution is -2.25. The first-order valence-electron chi connectivity index (χ1n) is 6.65. The summed E-state index contributed by atoms with van der Waals surface area (Å²) in [6.07, 6.45) is 1.77. The van der Waals surface area contributed by atoms with Crippen molar-refractivity contribution >= 4 is 23.2 Å². The number of hydrogen-bond donors (Lipinski definition) is 0. The highest BCUT2D eigenvalue weighted by Gasteiger charge is 2.27. The first-order valence-corrected chi connectivity index (χ1v) is 7.56. The van der Waals surface area contributed by atoms with Crippen molar-refractivity contribution in [1.29, 1.82) is 0 Å². The summed E-state index contributed by atoms with van der Waals surface area (Å²) in [6.45, 7) is 11.7. The van der Waals surface area contributed by atoms with Crippen LogP contribution < -0.4 is 0 Å². The number of rotatable bonds is 5. The van der Waals surface area contributed by atoms with Crippen LogP contribution in [0.25, 0.3) is 0 Å². The van der Waals surface area contributed by atoms with Gasteiger partial charge in [0.25, 0.3) is 0 Å². The number of nitrogens with zero attached hydrogens (tertiary/aromatic N) is 2. The second-order valence-corrected chi connectivity index (χ2v) is 6.48. The lowest BCUT2D eigenvalue weighted by atomic mass is 9.79. The van der Waals surface area contributed by atoms with E-state index in [4.69, 9.17) is 23.2 Å². The van der Waals surface area contributed by atoms with E-state index in [1.807, 2.05) is 4.68 Å². The zero-order valence-electron chi connectivity index (χ0n) is 12.1. The monoisotopic (exact) mass is 290 g/mol. The van der Waals surface area contributed by atoms with Crippen LogP contribution >= 0.6 is 23.2 Å². The molecule has 4 heteroatoms. The van der Waals surface area contributed by atoms with Crippen LogP contribution in [0.4, 0.5) is 0 Å². The predicted molar refractivity (Wildman–Crippen MR) is 79.7 cm³/mol. The van der Waals surface area contributed by atoms with Crippen LogP contribution in [-0.4, -0.2) is 15.7 Å². The molecule has 1 rings (SSSR count). The molecule has 1 unspecified atom stereocenters. The Labute approximate surface area is 121 Å². The summed E-state index contributed by atoms with van der Waals surface area (Å²) in [6, 6.07) is 0. The third-order valence-electron chi connectivity index (χ3n) is 3.54. The number of alkyl halides is 1. The lowest BCUT2D eigenvalue weighted by Gasteiger charge is -2.29. The van der Waals surface area contributed by atoms with Crippen LogP contribution in [0.2, 0.25) is 5.02 Å². The number of aromatic nitrogens is 2. The fourth-order valence-electron chi connectivity index (χ4n) is 2.04. The predicted octanol–water partition coefficient (Wildman–Crippen LogP) is 4.56. The molecule has 0 amide bonds. The Morgan fingerprint density at radius 3 is 2.28 bits per heavy atom. The molecule has 0 saturated carbocycles. The van der Waals surface area contributed by atoms with E-state index in [0.29, 0.717) is 11.8 Å². The standard InChI is InChI=1S/C14H24Cl2N2/c1-6-11-13(16)12(18(7-2)17-11)8-10(9-15)14(3,4)5/h10H,6-9H2,1-5H3. The van der Waals surface area contributed by atoms with Gasteiger partial charge in [0.15, 0.2) is 0 Å². The van der Waals surface area contributed by atoms with Gasteiger partial charge >= 0.3 is 0 Å². The molecule has 0 N–H and O–H groups in total. The van der Waals surface area contributed by atoms with Crippen LogP contribution in [0.1, 0.15) is 46.0 Å². The molecule has 2 nitrogen and oxygen atoms in total. The van der Waals surface area contributed by atoms with Crippen LogP contribution in [0, 0.1) is 11.3 Å². The highest BCUT2D eigenvalue weighted by Crippen LogP contribution is 2.33. The number of aryl methyl sites for hydroxylation is 2. The van der Waals surface area contributed by atoms with Crippen molar-refractivity contribution in [3.8, 4) is 0 Å². The summed E-state index contributed by atoms with van der Waals surface area (Å²) >= 11 is 12.6. The van der Waals surface area contributed by atoms with Gasteiger partial charge in [-0.1, -0.05) is 39.3 Å². The summed E-state index contributed by atoms with van der Waals surface area (Å²) in [4.78, 5) is 0. The van der Waals surface area contributed by atoms with Crippen molar-refractivity contribution in [2.24, 2.45) is 11.3 Å². The average molecular weight is 291 g/mol. The topological polar surface area (TPSA) is 17.8 Å². The van der Waals surface area contributed by atoms with Gasteiger partial charge in [0, 0.05) is 12.4 Å². The number of halogens is 2. The third kappa shape index (κ3) is 3.42.